The quantitative estimate of drug-likeness (QED) is 0.863. The number of anilines is 1. The van der Waals surface area contributed by atoms with Crippen molar-refractivity contribution in [2.45, 2.75) is 18.7 Å². The highest BCUT2D eigenvalue weighted by molar-refractivity contribution is 6.30. The van der Waals surface area contributed by atoms with Crippen LogP contribution in [0.15, 0.2) is 42.7 Å². The Bertz CT molecular complexity index is 651. The monoisotopic (exact) mass is 330 g/mol. The number of rotatable bonds is 3. The Morgan fingerprint density at radius 2 is 1.91 bits per heavy atom. The highest BCUT2D eigenvalue weighted by Crippen LogP contribution is 2.26. The molecule has 3 heterocycles. The minimum Gasteiger partial charge on any atom is -0.373 e. The second-order valence-electron chi connectivity index (χ2n) is 6.04. The Kier molecular flexibility index (Phi) is 4.16. The van der Waals surface area contributed by atoms with Crippen LogP contribution >= 0.6 is 11.6 Å². The molecule has 2 fully saturated rings. The summed E-state index contributed by atoms with van der Waals surface area (Å²) >= 11 is 5.88. The molecule has 0 bridgehead atoms. The van der Waals surface area contributed by atoms with Crippen molar-refractivity contribution >= 4 is 17.5 Å². The summed E-state index contributed by atoms with van der Waals surface area (Å²) in [7, 11) is 0. The van der Waals surface area contributed by atoms with Gasteiger partial charge in [0.1, 0.15) is 0 Å². The summed E-state index contributed by atoms with van der Waals surface area (Å²) in [4.78, 5) is 13.4. The maximum absolute atomic E-state index is 5.98. The van der Waals surface area contributed by atoms with Gasteiger partial charge < -0.3 is 9.64 Å². The van der Waals surface area contributed by atoms with Gasteiger partial charge in [0.25, 0.3) is 0 Å². The highest BCUT2D eigenvalue weighted by atomic mass is 35.5. The highest BCUT2D eigenvalue weighted by Gasteiger charge is 2.40. The SMILES string of the molecule is Clc1cnc(N2CC3OCCN(Cc4ccccc4)C3C2)nc1. The summed E-state index contributed by atoms with van der Waals surface area (Å²) in [6, 6.07) is 11.0. The molecule has 0 spiro atoms. The van der Waals surface area contributed by atoms with E-state index in [4.69, 9.17) is 16.3 Å². The second-order valence-corrected chi connectivity index (χ2v) is 6.48. The summed E-state index contributed by atoms with van der Waals surface area (Å²) in [6.07, 6.45) is 3.51. The fourth-order valence-corrected chi connectivity index (χ4v) is 3.50. The van der Waals surface area contributed by atoms with Crippen LogP contribution in [-0.4, -0.2) is 53.3 Å². The van der Waals surface area contributed by atoms with E-state index in [1.807, 2.05) is 0 Å². The van der Waals surface area contributed by atoms with Crippen molar-refractivity contribution in [2.24, 2.45) is 0 Å². The number of ether oxygens (including phenoxy) is 1. The van der Waals surface area contributed by atoms with E-state index in [1.165, 1.54) is 5.56 Å². The molecule has 2 unspecified atom stereocenters. The number of nitrogens with zero attached hydrogens (tertiary/aromatic N) is 4. The molecule has 1 aromatic carbocycles. The largest absolute Gasteiger partial charge is 0.373 e. The van der Waals surface area contributed by atoms with E-state index in [0.717, 1.165) is 38.7 Å². The average molecular weight is 331 g/mol. The van der Waals surface area contributed by atoms with E-state index in [1.54, 1.807) is 12.4 Å². The maximum atomic E-state index is 5.98. The molecule has 4 rings (SSSR count). The average Bonchev–Trinajstić information content (AvgIpc) is 3.02. The third-order valence-corrected chi connectivity index (χ3v) is 4.73. The van der Waals surface area contributed by atoms with Gasteiger partial charge in [-0.25, -0.2) is 9.97 Å². The zero-order chi connectivity index (χ0) is 15.6. The van der Waals surface area contributed by atoms with Crippen molar-refractivity contribution < 1.29 is 4.74 Å². The van der Waals surface area contributed by atoms with Gasteiger partial charge in [0, 0.05) is 26.2 Å². The van der Waals surface area contributed by atoms with E-state index >= 15 is 0 Å². The number of fused-ring (bicyclic) bond motifs is 1. The predicted octanol–water partition coefficient (Wildman–Crippen LogP) is 2.22. The summed E-state index contributed by atoms with van der Waals surface area (Å²) in [5.41, 5.74) is 1.34. The predicted molar refractivity (Wildman–Crippen MR) is 89.6 cm³/mol. The lowest BCUT2D eigenvalue weighted by Gasteiger charge is -2.36. The third-order valence-electron chi connectivity index (χ3n) is 4.53. The number of hydrogen-bond donors (Lipinski definition) is 0. The van der Waals surface area contributed by atoms with Crippen LogP contribution in [0.25, 0.3) is 0 Å². The summed E-state index contributed by atoms with van der Waals surface area (Å²) in [6.45, 7) is 4.42. The minimum absolute atomic E-state index is 0.215. The van der Waals surface area contributed by atoms with Crippen molar-refractivity contribution in [3.8, 4) is 0 Å². The lowest BCUT2D eigenvalue weighted by Crippen LogP contribution is -2.50. The smallest absolute Gasteiger partial charge is 0.225 e. The molecule has 0 radical (unpaired) electrons. The summed E-state index contributed by atoms with van der Waals surface area (Å²) in [5.74, 6) is 0.729. The van der Waals surface area contributed by atoms with E-state index in [0.29, 0.717) is 11.1 Å². The third kappa shape index (κ3) is 3.17. The number of aromatic nitrogens is 2. The van der Waals surface area contributed by atoms with Crippen LogP contribution < -0.4 is 4.90 Å². The van der Waals surface area contributed by atoms with Crippen molar-refractivity contribution in [3.05, 3.63) is 53.3 Å². The van der Waals surface area contributed by atoms with Crippen LogP contribution in [0.3, 0.4) is 0 Å². The van der Waals surface area contributed by atoms with Gasteiger partial charge in [0.15, 0.2) is 0 Å². The molecule has 2 saturated heterocycles. The number of morpholine rings is 1. The normalized spacial score (nSPS) is 24.7. The first kappa shape index (κ1) is 14.9. The molecule has 0 saturated carbocycles. The van der Waals surface area contributed by atoms with Gasteiger partial charge in [0.2, 0.25) is 5.95 Å². The Balaban J connectivity index is 1.49. The molecule has 120 valence electrons. The zero-order valence-electron chi connectivity index (χ0n) is 12.8. The fourth-order valence-electron chi connectivity index (χ4n) is 3.40. The molecule has 2 atom stereocenters. The van der Waals surface area contributed by atoms with Gasteiger partial charge in [-0.1, -0.05) is 41.9 Å². The van der Waals surface area contributed by atoms with Crippen LogP contribution in [0, 0.1) is 0 Å². The van der Waals surface area contributed by atoms with Crippen LogP contribution in [-0.2, 0) is 11.3 Å². The fraction of sp³-hybridized carbons (Fsp3) is 0.412. The first-order valence-electron chi connectivity index (χ1n) is 7.92. The molecule has 2 aliphatic rings. The Morgan fingerprint density at radius 1 is 1.13 bits per heavy atom. The van der Waals surface area contributed by atoms with Crippen molar-refractivity contribution in [1.82, 2.24) is 14.9 Å². The van der Waals surface area contributed by atoms with Gasteiger partial charge in [-0.05, 0) is 5.56 Å². The Labute approximate surface area is 140 Å². The standard InChI is InChI=1S/C17H19ClN4O/c18-14-8-19-17(20-9-14)22-11-15-16(12-22)23-7-6-21(15)10-13-4-2-1-3-5-13/h1-5,8-9,15-16H,6-7,10-12H2. The van der Waals surface area contributed by atoms with Gasteiger partial charge >= 0.3 is 0 Å². The lowest BCUT2D eigenvalue weighted by molar-refractivity contribution is -0.0499. The van der Waals surface area contributed by atoms with Gasteiger partial charge in [-0.3, -0.25) is 4.90 Å². The van der Waals surface area contributed by atoms with Crippen molar-refractivity contribution in [1.29, 1.82) is 0 Å². The Morgan fingerprint density at radius 3 is 2.70 bits per heavy atom. The molecule has 0 N–H and O–H groups in total. The first-order valence-corrected chi connectivity index (χ1v) is 8.29. The molecule has 1 aromatic heterocycles. The minimum atomic E-state index is 0.215. The van der Waals surface area contributed by atoms with Gasteiger partial charge in [-0.2, -0.15) is 0 Å². The second kappa shape index (κ2) is 6.43. The van der Waals surface area contributed by atoms with Crippen LogP contribution in [0.4, 0.5) is 5.95 Å². The molecule has 0 amide bonds. The molecular weight excluding hydrogens is 312 g/mol. The van der Waals surface area contributed by atoms with Gasteiger partial charge in [0.05, 0.1) is 36.2 Å². The zero-order valence-corrected chi connectivity index (χ0v) is 13.6. The maximum Gasteiger partial charge on any atom is 0.225 e. The topological polar surface area (TPSA) is 41.5 Å². The number of hydrogen-bond acceptors (Lipinski definition) is 5. The molecule has 0 aliphatic carbocycles. The number of benzene rings is 1. The number of halogens is 1. The summed E-state index contributed by atoms with van der Waals surface area (Å²) in [5, 5.41) is 0.562. The molecule has 2 aromatic rings. The van der Waals surface area contributed by atoms with Gasteiger partial charge in [-0.15, -0.1) is 0 Å². The molecular formula is C17H19ClN4O. The van der Waals surface area contributed by atoms with E-state index < -0.39 is 0 Å². The van der Waals surface area contributed by atoms with E-state index in [9.17, 15) is 0 Å². The summed E-state index contributed by atoms with van der Waals surface area (Å²) < 4.78 is 5.98. The molecule has 6 heteroatoms. The van der Waals surface area contributed by atoms with Crippen molar-refractivity contribution in [3.63, 3.8) is 0 Å². The molecule has 5 nitrogen and oxygen atoms in total. The Hall–Kier alpha value is -1.69. The van der Waals surface area contributed by atoms with E-state index in [2.05, 4.69) is 50.1 Å². The lowest BCUT2D eigenvalue weighted by atomic mass is 10.1. The molecule has 23 heavy (non-hydrogen) atoms. The first-order chi connectivity index (χ1) is 11.3. The van der Waals surface area contributed by atoms with Crippen LogP contribution in [0.2, 0.25) is 5.02 Å². The van der Waals surface area contributed by atoms with E-state index in [-0.39, 0.29) is 6.10 Å². The van der Waals surface area contributed by atoms with Crippen molar-refractivity contribution in [2.75, 3.05) is 31.1 Å². The van der Waals surface area contributed by atoms with Crippen LogP contribution in [0.5, 0.6) is 0 Å². The van der Waals surface area contributed by atoms with Crippen LogP contribution in [0.1, 0.15) is 5.56 Å². The molecule has 2 aliphatic heterocycles.